The molecule has 2 atom stereocenters. The van der Waals surface area contributed by atoms with E-state index in [1.165, 1.54) is 12.0 Å². The van der Waals surface area contributed by atoms with Crippen molar-refractivity contribution in [1.29, 1.82) is 0 Å². The van der Waals surface area contributed by atoms with Crippen molar-refractivity contribution in [3.63, 3.8) is 0 Å². The third kappa shape index (κ3) is 1.37. The minimum Gasteiger partial charge on any atom is -0.448 e. The Balaban J connectivity index is 1.84. The summed E-state index contributed by atoms with van der Waals surface area (Å²) >= 11 is 0. The van der Waals surface area contributed by atoms with E-state index in [9.17, 15) is 4.79 Å². The first-order valence-electron chi connectivity index (χ1n) is 5.66. The summed E-state index contributed by atoms with van der Waals surface area (Å²) in [5.41, 5.74) is 1.44. The Hall–Kier alpha value is -1.25. The predicted molar refractivity (Wildman–Crippen MR) is 56.4 cm³/mol. The highest BCUT2D eigenvalue weighted by atomic mass is 16.6. The van der Waals surface area contributed by atoms with Gasteiger partial charge in [-0.1, -0.05) is 18.2 Å². The summed E-state index contributed by atoms with van der Waals surface area (Å²) in [6, 6.07) is 0.315. The molecule has 2 unspecified atom stereocenters. The van der Waals surface area contributed by atoms with E-state index in [0.29, 0.717) is 18.6 Å². The van der Waals surface area contributed by atoms with Crippen LogP contribution in [0.5, 0.6) is 0 Å². The van der Waals surface area contributed by atoms with Gasteiger partial charge < -0.3 is 4.74 Å². The molecule has 0 aromatic heterocycles. The van der Waals surface area contributed by atoms with Crippen LogP contribution in [0.3, 0.4) is 0 Å². The van der Waals surface area contributed by atoms with E-state index in [1.807, 2.05) is 4.90 Å². The number of nitrogens with zero attached hydrogens (tertiary/aromatic N) is 1. The minimum atomic E-state index is -0.129. The Labute approximate surface area is 89.4 Å². The van der Waals surface area contributed by atoms with Gasteiger partial charge in [-0.25, -0.2) is 4.79 Å². The van der Waals surface area contributed by atoms with Crippen LogP contribution in [0.1, 0.15) is 19.3 Å². The number of fused-ring (bicyclic) bond motifs is 1. The third-order valence-electron chi connectivity index (χ3n) is 3.66. The van der Waals surface area contributed by atoms with Gasteiger partial charge in [-0.15, -0.1) is 0 Å². The van der Waals surface area contributed by atoms with Gasteiger partial charge in [-0.05, 0) is 30.8 Å². The fourth-order valence-corrected chi connectivity index (χ4v) is 2.91. The Morgan fingerprint density at radius 2 is 2.33 bits per heavy atom. The second-order valence-corrected chi connectivity index (χ2v) is 4.43. The molecule has 0 aromatic carbocycles. The second kappa shape index (κ2) is 3.40. The topological polar surface area (TPSA) is 29.5 Å². The fraction of sp³-hybridized carbons (Fsp3) is 0.583. The fourth-order valence-electron chi connectivity index (χ4n) is 2.91. The summed E-state index contributed by atoms with van der Waals surface area (Å²) in [7, 11) is 0. The Kier molecular flexibility index (Phi) is 2.04. The molecule has 1 aliphatic heterocycles. The zero-order valence-electron chi connectivity index (χ0n) is 8.69. The average Bonchev–Trinajstić information content (AvgIpc) is 2.83. The van der Waals surface area contributed by atoms with E-state index in [0.717, 1.165) is 19.4 Å². The number of carbonyl (C=O) groups excluding carboxylic acids is 1. The Morgan fingerprint density at radius 1 is 1.40 bits per heavy atom. The zero-order chi connectivity index (χ0) is 10.3. The summed E-state index contributed by atoms with van der Waals surface area (Å²) in [4.78, 5) is 13.4. The number of hydrogen-bond acceptors (Lipinski definition) is 2. The molecule has 2 aliphatic carbocycles. The van der Waals surface area contributed by atoms with Gasteiger partial charge in [0.1, 0.15) is 6.61 Å². The maximum absolute atomic E-state index is 11.5. The standard InChI is InChI=1S/C12H15NO2/c14-12-13(7-8-15-12)11-6-5-9-3-1-2-4-10(9)11/h1-2,4,9,11H,3,5-8H2. The van der Waals surface area contributed by atoms with E-state index >= 15 is 0 Å². The molecule has 3 aliphatic rings. The molecule has 1 saturated carbocycles. The number of carbonyl (C=O) groups is 1. The van der Waals surface area contributed by atoms with Gasteiger partial charge in [-0.2, -0.15) is 0 Å². The summed E-state index contributed by atoms with van der Waals surface area (Å²) in [5.74, 6) is 0.674. The normalized spacial score (nSPS) is 34.0. The molecule has 1 amide bonds. The molecular formula is C12H15NO2. The molecule has 0 bridgehead atoms. The molecule has 3 rings (SSSR count). The van der Waals surface area contributed by atoms with Crippen LogP contribution >= 0.6 is 0 Å². The lowest BCUT2D eigenvalue weighted by Crippen LogP contribution is -2.35. The highest BCUT2D eigenvalue weighted by Gasteiger charge is 2.38. The van der Waals surface area contributed by atoms with Crippen molar-refractivity contribution < 1.29 is 9.53 Å². The molecule has 3 nitrogen and oxygen atoms in total. The maximum Gasteiger partial charge on any atom is 0.410 e. The number of cyclic esters (lactones) is 1. The number of rotatable bonds is 1. The van der Waals surface area contributed by atoms with Crippen molar-refractivity contribution in [2.75, 3.05) is 13.2 Å². The van der Waals surface area contributed by atoms with E-state index in [2.05, 4.69) is 18.2 Å². The lowest BCUT2D eigenvalue weighted by atomic mass is 9.93. The van der Waals surface area contributed by atoms with Crippen LogP contribution in [0.2, 0.25) is 0 Å². The van der Waals surface area contributed by atoms with Crippen molar-refractivity contribution in [2.45, 2.75) is 25.3 Å². The SMILES string of the molecule is O=C1OCCN1C1CCC2CC=CC=C21. The molecule has 0 aromatic rings. The molecule has 0 N–H and O–H groups in total. The Morgan fingerprint density at radius 3 is 3.13 bits per heavy atom. The van der Waals surface area contributed by atoms with Crippen LogP contribution in [-0.2, 0) is 4.74 Å². The molecule has 2 fully saturated rings. The number of allylic oxidation sites excluding steroid dienone is 3. The van der Waals surface area contributed by atoms with Gasteiger partial charge in [-0.3, -0.25) is 4.90 Å². The van der Waals surface area contributed by atoms with Crippen LogP contribution in [-0.4, -0.2) is 30.2 Å². The van der Waals surface area contributed by atoms with Gasteiger partial charge in [0, 0.05) is 0 Å². The molecule has 1 heterocycles. The van der Waals surface area contributed by atoms with Crippen molar-refractivity contribution in [2.24, 2.45) is 5.92 Å². The van der Waals surface area contributed by atoms with E-state index < -0.39 is 0 Å². The van der Waals surface area contributed by atoms with Gasteiger partial charge in [0.15, 0.2) is 0 Å². The second-order valence-electron chi connectivity index (χ2n) is 4.43. The van der Waals surface area contributed by atoms with Crippen LogP contribution in [0, 0.1) is 5.92 Å². The van der Waals surface area contributed by atoms with Gasteiger partial charge in [0.05, 0.1) is 12.6 Å². The quantitative estimate of drug-likeness (QED) is 0.656. The zero-order valence-corrected chi connectivity index (χ0v) is 8.69. The number of amides is 1. The van der Waals surface area contributed by atoms with Crippen molar-refractivity contribution >= 4 is 6.09 Å². The molecule has 15 heavy (non-hydrogen) atoms. The maximum atomic E-state index is 11.5. The summed E-state index contributed by atoms with van der Waals surface area (Å²) in [6.07, 6.45) is 9.86. The number of hydrogen-bond donors (Lipinski definition) is 0. The summed E-state index contributed by atoms with van der Waals surface area (Å²) in [5, 5.41) is 0. The van der Waals surface area contributed by atoms with Crippen molar-refractivity contribution in [1.82, 2.24) is 4.90 Å². The van der Waals surface area contributed by atoms with Crippen LogP contribution < -0.4 is 0 Å². The lowest BCUT2D eigenvalue weighted by Gasteiger charge is -2.25. The van der Waals surface area contributed by atoms with E-state index in [1.54, 1.807) is 0 Å². The first-order chi connectivity index (χ1) is 7.36. The van der Waals surface area contributed by atoms with Crippen LogP contribution in [0.25, 0.3) is 0 Å². The smallest absolute Gasteiger partial charge is 0.410 e. The minimum absolute atomic E-state index is 0.129. The molecule has 0 spiro atoms. The van der Waals surface area contributed by atoms with E-state index in [4.69, 9.17) is 4.74 Å². The highest BCUT2D eigenvalue weighted by molar-refractivity contribution is 5.70. The van der Waals surface area contributed by atoms with Gasteiger partial charge >= 0.3 is 6.09 Å². The van der Waals surface area contributed by atoms with Crippen molar-refractivity contribution in [3.8, 4) is 0 Å². The highest BCUT2D eigenvalue weighted by Crippen LogP contribution is 2.39. The molecule has 3 heteroatoms. The van der Waals surface area contributed by atoms with Gasteiger partial charge in [0.2, 0.25) is 0 Å². The molecule has 1 saturated heterocycles. The summed E-state index contributed by atoms with van der Waals surface area (Å²) < 4.78 is 5.00. The summed E-state index contributed by atoms with van der Waals surface area (Å²) in [6.45, 7) is 1.32. The van der Waals surface area contributed by atoms with Crippen molar-refractivity contribution in [3.05, 3.63) is 23.8 Å². The lowest BCUT2D eigenvalue weighted by molar-refractivity contribution is 0.152. The third-order valence-corrected chi connectivity index (χ3v) is 3.66. The van der Waals surface area contributed by atoms with Crippen LogP contribution in [0.15, 0.2) is 23.8 Å². The van der Waals surface area contributed by atoms with Crippen LogP contribution in [0.4, 0.5) is 4.79 Å². The van der Waals surface area contributed by atoms with Gasteiger partial charge in [0.25, 0.3) is 0 Å². The first kappa shape index (κ1) is 9.01. The first-order valence-corrected chi connectivity index (χ1v) is 5.66. The molecule has 0 radical (unpaired) electrons. The number of ether oxygens (including phenoxy) is 1. The largest absolute Gasteiger partial charge is 0.448 e. The van der Waals surface area contributed by atoms with E-state index in [-0.39, 0.29) is 6.09 Å². The average molecular weight is 205 g/mol. The predicted octanol–water partition coefficient (Wildman–Crippen LogP) is 2.10. The monoisotopic (exact) mass is 205 g/mol. The molecule has 80 valence electrons. The molecular weight excluding hydrogens is 190 g/mol. The Bertz CT molecular complexity index is 346.